The molecular weight excluding hydrogens is 308 g/mol. The number of imide groups is 1. The van der Waals surface area contributed by atoms with E-state index in [1.165, 1.54) is 11.0 Å². The maximum Gasteiger partial charge on any atom is 0.246 e. The van der Waals surface area contributed by atoms with Crippen LogP contribution in [0.5, 0.6) is 0 Å². The number of nitrogens with zero attached hydrogens (tertiary/aromatic N) is 2. The minimum atomic E-state index is -0.203. The van der Waals surface area contributed by atoms with E-state index in [1.54, 1.807) is 29.4 Å². The Labute approximate surface area is 139 Å². The lowest BCUT2D eigenvalue weighted by molar-refractivity contribution is -0.151. The lowest BCUT2D eigenvalue weighted by Gasteiger charge is -2.42. The number of likely N-dealkylation sites (tertiary alicyclic amines) is 2. The second-order valence-corrected chi connectivity index (χ2v) is 6.45. The van der Waals surface area contributed by atoms with Crippen molar-refractivity contribution in [1.29, 1.82) is 0 Å². The fourth-order valence-corrected chi connectivity index (χ4v) is 3.63. The highest BCUT2D eigenvalue weighted by Crippen LogP contribution is 2.37. The van der Waals surface area contributed by atoms with Crippen LogP contribution in [0.2, 0.25) is 0 Å². The van der Waals surface area contributed by atoms with Gasteiger partial charge in [-0.1, -0.05) is 12.2 Å². The van der Waals surface area contributed by atoms with Crippen LogP contribution in [0.15, 0.2) is 41.0 Å². The number of hydrogen-bond acceptors (Lipinski definition) is 4. The molecule has 2 atom stereocenters. The van der Waals surface area contributed by atoms with E-state index in [0.29, 0.717) is 31.7 Å². The molecule has 1 aromatic rings. The monoisotopic (exact) mass is 326 g/mol. The summed E-state index contributed by atoms with van der Waals surface area (Å²) in [7, 11) is 0. The van der Waals surface area contributed by atoms with Crippen molar-refractivity contribution in [2.24, 2.45) is 11.8 Å². The van der Waals surface area contributed by atoms with Crippen LogP contribution in [-0.4, -0.2) is 46.7 Å². The zero-order chi connectivity index (χ0) is 16.7. The molecule has 0 aromatic carbocycles. The third-order valence-electron chi connectivity index (χ3n) is 5.01. The Balaban J connectivity index is 1.36. The number of amides is 3. The molecule has 0 spiro atoms. The van der Waals surface area contributed by atoms with E-state index in [0.717, 1.165) is 0 Å². The van der Waals surface area contributed by atoms with Crippen molar-refractivity contribution >= 4 is 23.8 Å². The molecule has 2 fully saturated rings. The summed E-state index contributed by atoms with van der Waals surface area (Å²) in [6.07, 6.45) is 9.86. The van der Waals surface area contributed by atoms with Gasteiger partial charge in [-0.15, -0.1) is 0 Å². The second-order valence-electron chi connectivity index (χ2n) is 6.45. The van der Waals surface area contributed by atoms with E-state index in [2.05, 4.69) is 0 Å². The first-order chi connectivity index (χ1) is 11.6. The van der Waals surface area contributed by atoms with E-state index < -0.39 is 0 Å². The summed E-state index contributed by atoms with van der Waals surface area (Å²) < 4.78 is 5.14. The molecule has 2 aliphatic heterocycles. The Bertz CT molecular complexity index is 702. The van der Waals surface area contributed by atoms with E-state index in [4.69, 9.17) is 4.42 Å². The Hall–Kier alpha value is -2.63. The summed E-state index contributed by atoms with van der Waals surface area (Å²) in [6.45, 7) is 0.817. The summed E-state index contributed by atoms with van der Waals surface area (Å²) >= 11 is 0. The first-order valence-electron chi connectivity index (χ1n) is 8.17. The maximum atomic E-state index is 12.5. The fourth-order valence-electron chi connectivity index (χ4n) is 3.63. The molecule has 1 aliphatic carbocycles. The largest absolute Gasteiger partial charge is 0.465 e. The molecule has 2 saturated heterocycles. The van der Waals surface area contributed by atoms with E-state index >= 15 is 0 Å². The van der Waals surface area contributed by atoms with Crippen molar-refractivity contribution in [2.75, 3.05) is 13.1 Å². The minimum absolute atomic E-state index is 0.0717. The van der Waals surface area contributed by atoms with Gasteiger partial charge in [-0.25, -0.2) is 0 Å². The van der Waals surface area contributed by atoms with Gasteiger partial charge in [0.15, 0.2) is 0 Å². The molecule has 0 bridgehead atoms. The highest BCUT2D eigenvalue weighted by atomic mass is 16.3. The van der Waals surface area contributed by atoms with Gasteiger partial charge >= 0.3 is 0 Å². The average molecular weight is 326 g/mol. The Kier molecular flexibility index (Phi) is 3.59. The Morgan fingerprint density at radius 3 is 2.38 bits per heavy atom. The van der Waals surface area contributed by atoms with Gasteiger partial charge in [0, 0.05) is 19.2 Å². The van der Waals surface area contributed by atoms with Crippen molar-refractivity contribution in [3.63, 3.8) is 0 Å². The molecule has 0 radical (unpaired) electrons. The topological polar surface area (TPSA) is 70.8 Å². The first-order valence-corrected chi connectivity index (χ1v) is 8.17. The number of hydrogen-bond donors (Lipinski definition) is 0. The lowest BCUT2D eigenvalue weighted by Crippen LogP contribution is -2.62. The predicted molar refractivity (Wildman–Crippen MR) is 85.3 cm³/mol. The number of carbonyl (C=O) groups excluding carboxylic acids is 3. The molecule has 6 heteroatoms. The van der Waals surface area contributed by atoms with Crippen molar-refractivity contribution in [2.45, 2.75) is 18.9 Å². The van der Waals surface area contributed by atoms with E-state index in [-0.39, 0.29) is 35.6 Å². The predicted octanol–water partition coefficient (Wildman–Crippen LogP) is 1.45. The zero-order valence-corrected chi connectivity index (χ0v) is 13.1. The van der Waals surface area contributed by atoms with Gasteiger partial charge in [-0.05, 0) is 31.1 Å². The third kappa shape index (κ3) is 2.38. The quantitative estimate of drug-likeness (QED) is 0.479. The van der Waals surface area contributed by atoms with Gasteiger partial charge in [0.1, 0.15) is 5.76 Å². The standard InChI is InChI=1S/C18H18N2O4/c21-16(8-7-13-4-3-9-24-13)19-10-12(11-19)20-17(22)14-5-1-2-6-15(14)18(20)23/h1-4,7-9,12,14-15H,5-6,10-11H2/b8-7+/t14-,15+. The van der Waals surface area contributed by atoms with Gasteiger partial charge in [0.2, 0.25) is 17.7 Å². The average Bonchev–Trinajstić information content (AvgIpc) is 3.15. The van der Waals surface area contributed by atoms with E-state index in [9.17, 15) is 14.4 Å². The van der Waals surface area contributed by atoms with Crippen LogP contribution in [0.25, 0.3) is 6.08 Å². The number of carbonyl (C=O) groups is 3. The minimum Gasteiger partial charge on any atom is -0.465 e. The first kappa shape index (κ1) is 14.9. The highest BCUT2D eigenvalue weighted by molar-refractivity contribution is 6.06. The van der Waals surface area contributed by atoms with E-state index in [1.807, 2.05) is 12.2 Å². The lowest BCUT2D eigenvalue weighted by atomic mass is 9.85. The van der Waals surface area contributed by atoms with Crippen LogP contribution >= 0.6 is 0 Å². The number of fused-ring (bicyclic) bond motifs is 1. The smallest absolute Gasteiger partial charge is 0.246 e. The van der Waals surface area contributed by atoms with Crippen molar-refractivity contribution in [1.82, 2.24) is 9.80 Å². The molecular formula is C18H18N2O4. The summed E-state index contributed by atoms with van der Waals surface area (Å²) in [5, 5.41) is 0. The number of allylic oxidation sites excluding steroid dienone is 2. The molecule has 6 nitrogen and oxygen atoms in total. The SMILES string of the molecule is O=C(/C=C/c1ccco1)N1CC(N2C(=O)[C@H]3CC=CC[C@H]3C2=O)C1. The maximum absolute atomic E-state index is 12.5. The molecule has 3 amide bonds. The summed E-state index contributed by atoms with van der Waals surface area (Å²) in [4.78, 5) is 40.1. The van der Waals surface area contributed by atoms with Crippen LogP contribution in [-0.2, 0) is 14.4 Å². The Morgan fingerprint density at radius 2 is 1.79 bits per heavy atom. The molecule has 3 aliphatic rings. The van der Waals surface area contributed by atoms with Crippen molar-refractivity contribution in [3.8, 4) is 0 Å². The molecule has 1 aromatic heterocycles. The summed E-state index contributed by atoms with van der Waals surface area (Å²) in [6, 6.07) is 3.33. The molecule has 4 rings (SSSR count). The van der Waals surface area contributed by atoms with Crippen LogP contribution < -0.4 is 0 Å². The van der Waals surface area contributed by atoms with Gasteiger partial charge in [0.25, 0.3) is 0 Å². The van der Waals surface area contributed by atoms with Crippen LogP contribution in [0.4, 0.5) is 0 Å². The summed E-state index contributed by atoms with van der Waals surface area (Å²) in [5.41, 5.74) is 0. The molecule has 0 saturated carbocycles. The molecule has 0 unspecified atom stereocenters. The number of furan rings is 1. The molecule has 3 heterocycles. The van der Waals surface area contributed by atoms with Crippen molar-refractivity contribution < 1.29 is 18.8 Å². The normalized spacial score (nSPS) is 27.0. The van der Waals surface area contributed by atoms with Crippen LogP contribution in [0.3, 0.4) is 0 Å². The highest BCUT2D eigenvalue weighted by Gasteiger charge is 2.52. The van der Waals surface area contributed by atoms with Gasteiger partial charge in [-0.2, -0.15) is 0 Å². The zero-order valence-electron chi connectivity index (χ0n) is 13.1. The third-order valence-corrected chi connectivity index (χ3v) is 5.01. The van der Waals surface area contributed by atoms with Crippen LogP contribution in [0.1, 0.15) is 18.6 Å². The molecule has 24 heavy (non-hydrogen) atoms. The molecule has 124 valence electrons. The summed E-state index contributed by atoms with van der Waals surface area (Å²) in [5.74, 6) is -0.0740. The van der Waals surface area contributed by atoms with Crippen molar-refractivity contribution in [3.05, 3.63) is 42.4 Å². The fraction of sp³-hybridized carbons (Fsp3) is 0.389. The Morgan fingerprint density at radius 1 is 1.12 bits per heavy atom. The van der Waals surface area contributed by atoms with Crippen LogP contribution in [0, 0.1) is 11.8 Å². The van der Waals surface area contributed by atoms with Gasteiger partial charge in [-0.3, -0.25) is 19.3 Å². The van der Waals surface area contributed by atoms with Gasteiger partial charge in [0.05, 0.1) is 24.1 Å². The number of rotatable bonds is 3. The molecule has 0 N–H and O–H groups in total. The second kappa shape index (κ2) is 5.78. The van der Waals surface area contributed by atoms with Gasteiger partial charge < -0.3 is 9.32 Å².